The second-order valence-electron chi connectivity index (χ2n) is 6.57. The van der Waals surface area contributed by atoms with E-state index in [1.807, 2.05) is 0 Å². The maximum absolute atomic E-state index is 10.8. The van der Waals surface area contributed by atoms with Crippen LogP contribution in [0.1, 0.15) is 47.7 Å². The van der Waals surface area contributed by atoms with Crippen LogP contribution in [-0.2, 0) is 17.9 Å². The van der Waals surface area contributed by atoms with Gasteiger partial charge in [-0.15, -0.1) is 5.10 Å². The molecule has 0 saturated carbocycles. The molecule has 0 aliphatic carbocycles. The van der Waals surface area contributed by atoms with Crippen molar-refractivity contribution in [2.24, 2.45) is 0 Å². The third-order valence-corrected chi connectivity index (χ3v) is 4.87. The molecule has 1 fully saturated rings. The van der Waals surface area contributed by atoms with Crippen molar-refractivity contribution < 1.29 is 9.90 Å². The summed E-state index contributed by atoms with van der Waals surface area (Å²) in [7, 11) is 0. The highest BCUT2D eigenvalue weighted by molar-refractivity contribution is 5.66. The molecule has 24 heavy (non-hydrogen) atoms. The molecule has 6 heteroatoms. The van der Waals surface area contributed by atoms with Gasteiger partial charge in [0.05, 0.1) is 11.9 Å². The van der Waals surface area contributed by atoms with Crippen molar-refractivity contribution in [1.29, 1.82) is 0 Å². The van der Waals surface area contributed by atoms with Gasteiger partial charge in [-0.1, -0.05) is 29.8 Å². The van der Waals surface area contributed by atoms with Crippen molar-refractivity contribution in [2.75, 3.05) is 6.54 Å². The van der Waals surface area contributed by atoms with Crippen molar-refractivity contribution in [3.05, 3.63) is 46.8 Å². The number of carbonyl (C=O) groups is 1. The molecule has 2 heterocycles. The highest BCUT2D eigenvalue weighted by Crippen LogP contribution is 2.34. The van der Waals surface area contributed by atoms with Crippen LogP contribution in [0.25, 0.3) is 0 Å². The molecule has 1 aliphatic rings. The summed E-state index contributed by atoms with van der Waals surface area (Å²) >= 11 is 0. The van der Waals surface area contributed by atoms with Crippen molar-refractivity contribution in [3.63, 3.8) is 0 Å². The molecule has 1 saturated heterocycles. The number of hydrogen-bond donors (Lipinski definition) is 1. The Morgan fingerprint density at radius 1 is 1.33 bits per heavy atom. The SMILES string of the molecule is Cc1cccc(C2CCCCN2Cc2cn(CC(=O)O)nn2)c1C. The van der Waals surface area contributed by atoms with Gasteiger partial charge in [0.15, 0.2) is 0 Å². The lowest BCUT2D eigenvalue weighted by Crippen LogP contribution is -2.33. The standard InChI is InChI=1S/C18H24N4O2/c1-13-6-5-7-16(14(13)2)17-8-3-4-9-21(17)10-15-11-22(20-19-15)12-18(23)24/h5-7,11,17H,3-4,8-10,12H2,1-2H3,(H,23,24). The summed E-state index contributed by atoms with van der Waals surface area (Å²) < 4.78 is 1.38. The second-order valence-corrected chi connectivity index (χ2v) is 6.57. The lowest BCUT2D eigenvalue weighted by atomic mass is 9.90. The average molecular weight is 328 g/mol. The minimum atomic E-state index is -0.905. The number of likely N-dealkylation sites (tertiary alicyclic amines) is 1. The van der Waals surface area contributed by atoms with Crippen LogP contribution in [0.4, 0.5) is 0 Å². The molecular formula is C18H24N4O2. The Labute approximate surface area is 142 Å². The number of benzene rings is 1. The number of hydrogen-bond acceptors (Lipinski definition) is 4. The van der Waals surface area contributed by atoms with Crippen LogP contribution in [0.3, 0.4) is 0 Å². The monoisotopic (exact) mass is 328 g/mol. The summed E-state index contributed by atoms with van der Waals surface area (Å²) in [6.07, 6.45) is 5.31. The van der Waals surface area contributed by atoms with Crippen molar-refractivity contribution in [2.45, 2.75) is 52.2 Å². The minimum Gasteiger partial charge on any atom is -0.480 e. The molecule has 6 nitrogen and oxygen atoms in total. The first-order valence-corrected chi connectivity index (χ1v) is 8.45. The number of nitrogens with zero attached hydrogens (tertiary/aromatic N) is 4. The summed E-state index contributed by atoms with van der Waals surface area (Å²) in [5, 5.41) is 16.9. The van der Waals surface area contributed by atoms with E-state index in [9.17, 15) is 4.79 Å². The van der Waals surface area contributed by atoms with Gasteiger partial charge < -0.3 is 5.11 Å². The third kappa shape index (κ3) is 3.64. The molecule has 1 aliphatic heterocycles. The molecular weight excluding hydrogens is 304 g/mol. The van der Waals surface area contributed by atoms with Gasteiger partial charge in [-0.25, -0.2) is 4.68 Å². The summed E-state index contributed by atoms with van der Waals surface area (Å²) in [6, 6.07) is 6.91. The molecule has 1 unspecified atom stereocenters. The predicted molar refractivity (Wildman–Crippen MR) is 90.6 cm³/mol. The van der Waals surface area contributed by atoms with Crippen LogP contribution >= 0.6 is 0 Å². The second kappa shape index (κ2) is 7.13. The van der Waals surface area contributed by atoms with E-state index in [2.05, 4.69) is 47.3 Å². The number of aliphatic carboxylic acids is 1. The Balaban J connectivity index is 1.78. The van der Waals surface area contributed by atoms with Gasteiger partial charge in [-0.2, -0.15) is 0 Å². The number of rotatable bonds is 5. The van der Waals surface area contributed by atoms with Crippen LogP contribution in [0.15, 0.2) is 24.4 Å². The molecule has 1 aromatic heterocycles. The summed E-state index contributed by atoms with van der Waals surface area (Å²) in [6.45, 7) is 5.94. The summed E-state index contributed by atoms with van der Waals surface area (Å²) in [4.78, 5) is 13.2. The Morgan fingerprint density at radius 3 is 2.96 bits per heavy atom. The van der Waals surface area contributed by atoms with Gasteiger partial charge in [0.25, 0.3) is 0 Å². The predicted octanol–water partition coefficient (Wildman–Crippen LogP) is 2.71. The van der Waals surface area contributed by atoms with Gasteiger partial charge in [-0.05, 0) is 49.9 Å². The van der Waals surface area contributed by atoms with Gasteiger partial charge >= 0.3 is 5.97 Å². The third-order valence-electron chi connectivity index (χ3n) is 4.87. The quantitative estimate of drug-likeness (QED) is 0.914. The smallest absolute Gasteiger partial charge is 0.325 e. The fourth-order valence-corrected chi connectivity index (χ4v) is 3.50. The first-order chi connectivity index (χ1) is 11.5. The fourth-order valence-electron chi connectivity index (χ4n) is 3.50. The van der Waals surface area contributed by atoms with Gasteiger partial charge in [0.2, 0.25) is 0 Å². The molecule has 2 aromatic rings. The zero-order valence-corrected chi connectivity index (χ0v) is 14.3. The Bertz CT molecular complexity index is 726. The van der Waals surface area contributed by atoms with Crippen LogP contribution in [0.5, 0.6) is 0 Å². The van der Waals surface area contributed by atoms with E-state index in [0.717, 1.165) is 18.7 Å². The Hall–Kier alpha value is -2.21. The first kappa shape index (κ1) is 16.6. The van der Waals surface area contributed by atoms with Crippen LogP contribution in [0.2, 0.25) is 0 Å². The summed E-state index contributed by atoms with van der Waals surface area (Å²) in [5.74, 6) is -0.905. The van der Waals surface area contributed by atoms with Gasteiger partial charge in [0, 0.05) is 12.6 Å². The topological polar surface area (TPSA) is 71.2 Å². The average Bonchev–Trinajstić information content (AvgIpc) is 2.97. The van der Waals surface area contributed by atoms with E-state index in [1.165, 1.54) is 34.2 Å². The highest BCUT2D eigenvalue weighted by atomic mass is 16.4. The van der Waals surface area contributed by atoms with E-state index < -0.39 is 5.97 Å². The molecule has 0 amide bonds. The van der Waals surface area contributed by atoms with Crippen LogP contribution in [0, 0.1) is 13.8 Å². The summed E-state index contributed by atoms with van der Waals surface area (Å²) in [5.41, 5.74) is 4.91. The molecule has 1 aromatic carbocycles. The van der Waals surface area contributed by atoms with Crippen molar-refractivity contribution >= 4 is 5.97 Å². The molecule has 0 bridgehead atoms. The van der Waals surface area contributed by atoms with E-state index >= 15 is 0 Å². The number of carboxylic acids is 1. The van der Waals surface area contributed by atoms with Crippen molar-refractivity contribution in [1.82, 2.24) is 19.9 Å². The fraction of sp³-hybridized carbons (Fsp3) is 0.500. The number of piperidine rings is 1. The molecule has 0 radical (unpaired) electrons. The van der Waals surface area contributed by atoms with Gasteiger partial charge in [0.1, 0.15) is 6.54 Å². The highest BCUT2D eigenvalue weighted by Gasteiger charge is 2.26. The van der Waals surface area contributed by atoms with E-state index in [4.69, 9.17) is 5.11 Å². The zero-order valence-electron chi connectivity index (χ0n) is 14.3. The van der Waals surface area contributed by atoms with E-state index in [1.54, 1.807) is 6.20 Å². The molecule has 0 spiro atoms. The maximum Gasteiger partial charge on any atom is 0.325 e. The first-order valence-electron chi connectivity index (χ1n) is 8.45. The molecule has 1 atom stereocenters. The van der Waals surface area contributed by atoms with Crippen LogP contribution < -0.4 is 0 Å². The number of aromatic nitrogens is 3. The Kier molecular flexibility index (Phi) is 4.94. The lowest BCUT2D eigenvalue weighted by molar-refractivity contribution is -0.137. The largest absolute Gasteiger partial charge is 0.480 e. The van der Waals surface area contributed by atoms with E-state index in [0.29, 0.717) is 12.6 Å². The normalized spacial score (nSPS) is 18.7. The van der Waals surface area contributed by atoms with E-state index in [-0.39, 0.29) is 6.54 Å². The van der Waals surface area contributed by atoms with Crippen LogP contribution in [-0.4, -0.2) is 37.5 Å². The number of aryl methyl sites for hydroxylation is 1. The van der Waals surface area contributed by atoms with Gasteiger partial charge in [-0.3, -0.25) is 9.69 Å². The number of carboxylic acid groups (broad SMARTS) is 1. The maximum atomic E-state index is 10.8. The van der Waals surface area contributed by atoms with Crippen molar-refractivity contribution in [3.8, 4) is 0 Å². The molecule has 1 N–H and O–H groups in total. The molecule has 128 valence electrons. The minimum absolute atomic E-state index is 0.145. The Morgan fingerprint density at radius 2 is 2.17 bits per heavy atom. The zero-order chi connectivity index (χ0) is 17.1. The molecule has 3 rings (SSSR count). The lowest BCUT2D eigenvalue weighted by Gasteiger charge is -2.36.